The molecular weight excluding hydrogens is 308 g/mol. The van der Waals surface area contributed by atoms with Crippen LogP contribution in [0.3, 0.4) is 0 Å². The first-order valence-corrected chi connectivity index (χ1v) is 7.28. The quantitative estimate of drug-likeness (QED) is 0.558. The molecule has 0 unspecified atom stereocenters. The summed E-state index contributed by atoms with van der Waals surface area (Å²) in [5, 5.41) is 0. The Bertz CT molecular complexity index is 982. The van der Waals surface area contributed by atoms with Gasteiger partial charge in [-0.1, -0.05) is 12.1 Å². The van der Waals surface area contributed by atoms with Crippen LogP contribution in [-0.2, 0) is 0 Å². The van der Waals surface area contributed by atoms with Crippen molar-refractivity contribution in [2.45, 2.75) is 0 Å². The summed E-state index contributed by atoms with van der Waals surface area (Å²) >= 11 is 0. The lowest BCUT2D eigenvalue weighted by Crippen LogP contribution is -1.99. The van der Waals surface area contributed by atoms with E-state index >= 15 is 0 Å². The Labute approximate surface area is 137 Å². The van der Waals surface area contributed by atoms with Gasteiger partial charge in [0.25, 0.3) is 0 Å². The molecule has 0 spiro atoms. The Morgan fingerprint density at radius 2 is 1.83 bits per heavy atom. The summed E-state index contributed by atoms with van der Waals surface area (Å²) in [6, 6.07) is 10.4. The number of hydrogen-bond acceptors (Lipinski definition) is 4. The second-order valence-corrected chi connectivity index (χ2v) is 5.12. The lowest BCUT2D eigenvalue weighted by atomic mass is 10.1. The van der Waals surface area contributed by atoms with Crippen molar-refractivity contribution < 1.29 is 14.3 Å². The molecule has 6 heteroatoms. The van der Waals surface area contributed by atoms with Crippen molar-refractivity contribution in [3.05, 3.63) is 64.1 Å². The van der Waals surface area contributed by atoms with Crippen LogP contribution in [0.15, 0.2) is 47.3 Å². The highest BCUT2D eigenvalue weighted by molar-refractivity contribution is 6.08. The summed E-state index contributed by atoms with van der Waals surface area (Å²) in [6.45, 7) is 0. The topological polar surface area (TPSA) is 84.2 Å². The summed E-state index contributed by atoms with van der Waals surface area (Å²) in [5.41, 5.74) is 2.18. The van der Waals surface area contributed by atoms with E-state index in [9.17, 15) is 9.59 Å². The number of ether oxygens (including phenoxy) is 2. The monoisotopic (exact) mass is 324 g/mol. The Kier molecular flexibility index (Phi) is 4.20. The Morgan fingerprint density at radius 3 is 2.58 bits per heavy atom. The Balaban J connectivity index is 1.90. The SMILES string of the molecule is COc1cccc(/C=C/C(=O)c2ccc3[nH]c(=O)[nH]c3c2)c1OC. The minimum atomic E-state index is -0.300. The first kappa shape index (κ1) is 15.6. The first-order valence-electron chi connectivity index (χ1n) is 7.28. The van der Waals surface area contributed by atoms with Gasteiger partial charge in [0, 0.05) is 11.1 Å². The minimum absolute atomic E-state index is 0.177. The molecule has 0 amide bonds. The van der Waals surface area contributed by atoms with Crippen LogP contribution >= 0.6 is 0 Å². The summed E-state index contributed by atoms with van der Waals surface area (Å²) < 4.78 is 10.6. The molecule has 2 N–H and O–H groups in total. The van der Waals surface area contributed by atoms with Crippen LogP contribution in [0.1, 0.15) is 15.9 Å². The van der Waals surface area contributed by atoms with Gasteiger partial charge in [-0.05, 0) is 36.4 Å². The fraction of sp³-hybridized carbons (Fsp3) is 0.111. The summed E-state index contributed by atoms with van der Waals surface area (Å²) in [7, 11) is 3.11. The average Bonchev–Trinajstić information content (AvgIpc) is 2.98. The molecule has 122 valence electrons. The maximum absolute atomic E-state index is 12.4. The van der Waals surface area contributed by atoms with Crippen molar-refractivity contribution in [3.63, 3.8) is 0 Å². The molecule has 0 saturated carbocycles. The van der Waals surface area contributed by atoms with E-state index in [0.29, 0.717) is 28.1 Å². The molecule has 0 saturated heterocycles. The number of H-pyrrole nitrogens is 2. The number of ketones is 1. The van der Waals surface area contributed by atoms with Gasteiger partial charge in [0.05, 0.1) is 25.3 Å². The van der Waals surface area contributed by atoms with Crippen molar-refractivity contribution in [3.8, 4) is 11.5 Å². The van der Waals surface area contributed by atoms with Crippen molar-refractivity contribution in [2.24, 2.45) is 0 Å². The van der Waals surface area contributed by atoms with Gasteiger partial charge in [0.15, 0.2) is 17.3 Å². The lowest BCUT2D eigenvalue weighted by molar-refractivity contribution is 0.104. The van der Waals surface area contributed by atoms with Gasteiger partial charge < -0.3 is 19.4 Å². The number of methoxy groups -OCH3 is 2. The number of allylic oxidation sites excluding steroid dienone is 1. The molecule has 0 bridgehead atoms. The zero-order valence-electron chi connectivity index (χ0n) is 13.3. The molecule has 0 aliphatic rings. The van der Waals surface area contributed by atoms with Crippen molar-refractivity contribution in [1.82, 2.24) is 9.97 Å². The standard InChI is InChI=1S/C18H16N2O4/c1-23-16-5-3-4-11(17(16)24-2)7-9-15(21)12-6-8-13-14(10-12)20-18(22)19-13/h3-10H,1-2H3,(H2,19,20,22)/b9-7+. The molecule has 0 radical (unpaired) electrons. The number of imidazole rings is 1. The molecule has 3 aromatic rings. The number of carbonyl (C=O) groups is 1. The number of benzene rings is 2. The van der Waals surface area contributed by atoms with E-state index in [2.05, 4.69) is 9.97 Å². The molecule has 6 nitrogen and oxygen atoms in total. The lowest BCUT2D eigenvalue weighted by Gasteiger charge is -2.09. The highest BCUT2D eigenvalue weighted by Gasteiger charge is 2.09. The smallest absolute Gasteiger partial charge is 0.323 e. The fourth-order valence-electron chi connectivity index (χ4n) is 2.49. The van der Waals surface area contributed by atoms with Crippen LogP contribution in [0.25, 0.3) is 17.1 Å². The van der Waals surface area contributed by atoms with E-state index < -0.39 is 0 Å². The number of para-hydroxylation sites is 1. The third-order valence-corrected chi connectivity index (χ3v) is 3.65. The molecule has 0 aliphatic heterocycles. The van der Waals surface area contributed by atoms with Crippen LogP contribution < -0.4 is 15.2 Å². The van der Waals surface area contributed by atoms with Gasteiger partial charge >= 0.3 is 5.69 Å². The number of rotatable bonds is 5. The molecule has 0 aliphatic carbocycles. The number of nitrogens with one attached hydrogen (secondary N) is 2. The highest BCUT2D eigenvalue weighted by atomic mass is 16.5. The van der Waals surface area contributed by atoms with Crippen LogP contribution in [0.4, 0.5) is 0 Å². The largest absolute Gasteiger partial charge is 0.493 e. The molecule has 24 heavy (non-hydrogen) atoms. The van der Waals surface area contributed by atoms with Gasteiger partial charge in [0.2, 0.25) is 0 Å². The Hall–Kier alpha value is -3.28. The molecule has 0 atom stereocenters. The zero-order chi connectivity index (χ0) is 17.1. The predicted molar refractivity (Wildman–Crippen MR) is 91.8 cm³/mol. The van der Waals surface area contributed by atoms with Gasteiger partial charge in [-0.25, -0.2) is 4.79 Å². The molecule has 1 heterocycles. The van der Waals surface area contributed by atoms with Crippen molar-refractivity contribution >= 4 is 22.9 Å². The summed E-state index contributed by atoms with van der Waals surface area (Å²) in [4.78, 5) is 28.9. The number of hydrogen-bond donors (Lipinski definition) is 2. The maximum Gasteiger partial charge on any atom is 0.323 e. The third-order valence-electron chi connectivity index (χ3n) is 3.65. The number of carbonyl (C=O) groups excluding carboxylic acids is 1. The molecule has 2 aromatic carbocycles. The van der Waals surface area contributed by atoms with E-state index in [-0.39, 0.29) is 11.5 Å². The normalized spacial score (nSPS) is 11.1. The third kappa shape index (κ3) is 2.94. The summed E-state index contributed by atoms with van der Waals surface area (Å²) in [6.07, 6.45) is 3.14. The van der Waals surface area contributed by atoms with Crippen molar-refractivity contribution in [1.29, 1.82) is 0 Å². The fourth-order valence-corrected chi connectivity index (χ4v) is 2.49. The maximum atomic E-state index is 12.4. The molecule has 3 rings (SSSR count). The molecule has 1 aromatic heterocycles. The number of aromatic amines is 2. The van der Waals surface area contributed by atoms with E-state index in [4.69, 9.17) is 9.47 Å². The Morgan fingerprint density at radius 1 is 1.04 bits per heavy atom. The van der Waals surface area contributed by atoms with Gasteiger partial charge in [-0.3, -0.25) is 4.79 Å². The van der Waals surface area contributed by atoms with E-state index in [1.165, 1.54) is 6.08 Å². The van der Waals surface area contributed by atoms with E-state index in [0.717, 1.165) is 5.56 Å². The molecular formula is C18H16N2O4. The van der Waals surface area contributed by atoms with E-state index in [1.807, 2.05) is 12.1 Å². The minimum Gasteiger partial charge on any atom is -0.493 e. The summed E-state index contributed by atoms with van der Waals surface area (Å²) in [5.74, 6) is 0.983. The van der Waals surface area contributed by atoms with Crippen LogP contribution in [0.5, 0.6) is 11.5 Å². The second-order valence-electron chi connectivity index (χ2n) is 5.12. The average molecular weight is 324 g/mol. The van der Waals surface area contributed by atoms with Crippen LogP contribution in [0.2, 0.25) is 0 Å². The second kappa shape index (κ2) is 6.45. The van der Waals surface area contributed by atoms with Crippen LogP contribution in [0, 0.1) is 0 Å². The highest BCUT2D eigenvalue weighted by Crippen LogP contribution is 2.31. The van der Waals surface area contributed by atoms with Gasteiger partial charge in [0.1, 0.15) is 0 Å². The van der Waals surface area contributed by atoms with Crippen molar-refractivity contribution in [2.75, 3.05) is 14.2 Å². The molecule has 0 fully saturated rings. The van der Waals surface area contributed by atoms with E-state index in [1.54, 1.807) is 44.6 Å². The predicted octanol–water partition coefficient (Wildman–Crippen LogP) is 2.77. The number of aromatic nitrogens is 2. The van der Waals surface area contributed by atoms with Crippen LogP contribution in [-0.4, -0.2) is 30.0 Å². The van der Waals surface area contributed by atoms with Gasteiger partial charge in [-0.2, -0.15) is 0 Å². The zero-order valence-corrected chi connectivity index (χ0v) is 13.3. The first-order chi connectivity index (χ1) is 11.6. The van der Waals surface area contributed by atoms with Gasteiger partial charge in [-0.15, -0.1) is 0 Å². The number of fused-ring (bicyclic) bond motifs is 1.